The van der Waals surface area contributed by atoms with E-state index < -0.39 is 11.8 Å². The summed E-state index contributed by atoms with van der Waals surface area (Å²) in [5.74, 6) is -0.525. The van der Waals surface area contributed by atoms with Crippen molar-refractivity contribution in [2.24, 2.45) is 0 Å². The third-order valence-electron chi connectivity index (χ3n) is 5.26. The van der Waals surface area contributed by atoms with Crippen molar-refractivity contribution < 1.29 is 9.59 Å². The SMILES string of the molecule is O=C(NNC(=O)c1cn(-c2ccccc2)nc1-c1ccccc1)c1cnc(-c2ccccc2)nc1. The Kier molecular flexibility index (Phi) is 6.08. The molecule has 170 valence electrons. The molecule has 2 heterocycles. The van der Waals surface area contributed by atoms with Crippen LogP contribution in [-0.4, -0.2) is 31.6 Å². The van der Waals surface area contributed by atoms with Gasteiger partial charge in [0.1, 0.15) is 5.69 Å². The monoisotopic (exact) mass is 460 g/mol. The van der Waals surface area contributed by atoms with Gasteiger partial charge in [0, 0.05) is 29.7 Å². The highest BCUT2D eigenvalue weighted by Gasteiger charge is 2.19. The Morgan fingerprint density at radius 2 is 1.20 bits per heavy atom. The summed E-state index contributed by atoms with van der Waals surface area (Å²) < 4.78 is 1.63. The van der Waals surface area contributed by atoms with Crippen LogP contribution < -0.4 is 10.9 Å². The fourth-order valence-electron chi connectivity index (χ4n) is 3.50. The number of carbonyl (C=O) groups is 2. The number of hydrogen-bond acceptors (Lipinski definition) is 5. The first-order valence-corrected chi connectivity index (χ1v) is 10.9. The van der Waals surface area contributed by atoms with Crippen molar-refractivity contribution >= 4 is 11.8 Å². The molecular formula is C27H20N6O2. The van der Waals surface area contributed by atoms with Gasteiger partial charge in [-0.05, 0) is 12.1 Å². The van der Waals surface area contributed by atoms with Crippen molar-refractivity contribution in [3.63, 3.8) is 0 Å². The second-order valence-electron chi connectivity index (χ2n) is 7.61. The van der Waals surface area contributed by atoms with Gasteiger partial charge in [-0.1, -0.05) is 78.9 Å². The molecule has 0 aliphatic carbocycles. The van der Waals surface area contributed by atoms with Gasteiger partial charge < -0.3 is 0 Å². The summed E-state index contributed by atoms with van der Waals surface area (Å²) in [7, 11) is 0. The number of para-hydroxylation sites is 1. The summed E-state index contributed by atoms with van der Waals surface area (Å²) in [6.07, 6.45) is 4.47. The molecule has 0 atom stereocenters. The second kappa shape index (κ2) is 9.80. The summed E-state index contributed by atoms with van der Waals surface area (Å²) in [4.78, 5) is 34.1. The molecule has 2 aromatic heterocycles. The van der Waals surface area contributed by atoms with Crippen LogP contribution in [0, 0.1) is 0 Å². The van der Waals surface area contributed by atoms with Crippen molar-refractivity contribution in [3.05, 3.63) is 121 Å². The molecule has 0 unspecified atom stereocenters. The first kappa shape index (κ1) is 21.7. The van der Waals surface area contributed by atoms with Crippen molar-refractivity contribution in [1.29, 1.82) is 0 Å². The predicted molar refractivity (Wildman–Crippen MR) is 131 cm³/mol. The van der Waals surface area contributed by atoms with Crippen LogP contribution in [0.25, 0.3) is 28.3 Å². The van der Waals surface area contributed by atoms with Crippen LogP contribution in [0.4, 0.5) is 0 Å². The van der Waals surface area contributed by atoms with E-state index in [4.69, 9.17) is 0 Å². The first-order chi connectivity index (χ1) is 17.2. The van der Waals surface area contributed by atoms with Gasteiger partial charge in [0.05, 0.1) is 16.8 Å². The average Bonchev–Trinajstić information content (AvgIpc) is 3.39. The van der Waals surface area contributed by atoms with Crippen LogP contribution in [-0.2, 0) is 0 Å². The number of carbonyl (C=O) groups excluding carboxylic acids is 2. The molecule has 3 aromatic carbocycles. The summed E-state index contributed by atoms with van der Waals surface area (Å²) in [5.41, 5.74) is 8.36. The molecule has 5 rings (SSSR count). The average molecular weight is 460 g/mol. The van der Waals surface area contributed by atoms with Crippen LogP contribution in [0.3, 0.4) is 0 Å². The fourth-order valence-corrected chi connectivity index (χ4v) is 3.50. The molecule has 5 aromatic rings. The lowest BCUT2D eigenvalue weighted by Gasteiger charge is -2.08. The van der Waals surface area contributed by atoms with E-state index in [1.807, 2.05) is 91.0 Å². The lowest BCUT2D eigenvalue weighted by atomic mass is 10.1. The minimum atomic E-state index is -0.533. The number of benzene rings is 3. The van der Waals surface area contributed by atoms with Gasteiger partial charge in [0.25, 0.3) is 11.8 Å². The zero-order chi connectivity index (χ0) is 24.0. The molecule has 2 N–H and O–H groups in total. The quantitative estimate of drug-likeness (QED) is 0.385. The lowest BCUT2D eigenvalue weighted by Crippen LogP contribution is -2.41. The fraction of sp³-hybridized carbons (Fsp3) is 0. The maximum atomic E-state index is 13.0. The van der Waals surface area contributed by atoms with Crippen molar-refractivity contribution in [1.82, 2.24) is 30.6 Å². The standard InChI is InChI=1S/C27H20N6O2/c34-26(21-16-28-25(29-17-21)20-12-6-2-7-13-20)30-31-27(35)23-18-33(22-14-8-3-9-15-22)32-24(23)19-10-4-1-5-11-19/h1-18H,(H,30,34)(H,31,35). The number of aromatic nitrogens is 4. The Morgan fingerprint density at radius 1 is 0.657 bits per heavy atom. The molecule has 0 aliphatic rings. The second-order valence-corrected chi connectivity index (χ2v) is 7.61. The number of nitrogens with one attached hydrogen (secondary N) is 2. The number of amides is 2. The Balaban J connectivity index is 1.34. The van der Waals surface area contributed by atoms with E-state index in [0.717, 1.165) is 16.8 Å². The number of hydrazine groups is 1. The third kappa shape index (κ3) is 4.81. The maximum absolute atomic E-state index is 13.0. The number of nitrogens with zero attached hydrogens (tertiary/aromatic N) is 4. The molecule has 8 nitrogen and oxygen atoms in total. The largest absolute Gasteiger partial charge is 0.273 e. The Labute approximate surface area is 201 Å². The van der Waals surface area contributed by atoms with Crippen molar-refractivity contribution in [2.75, 3.05) is 0 Å². The molecule has 2 amide bonds. The lowest BCUT2D eigenvalue weighted by molar-refractivity contribution is 0.0846. The molecule has 0 bridgehead atoms. The minimum Gasteiger partial charge on any atom is -0.267 e. The number of hydrogen-bond donors (Lipinski definition) is 2. The van der Waals surface area contributed by atoms with Gasteiger partial charge in [0.2, 0.25) is 0 Å². The predicted octanol–water partition coefficient (Wildman–Crippen LogP) is 4.07. The Hall–Kier alpha value is -5.11. The summed E-state index contributed by atoms with van der Waals surface area (Å²) in [6.45, 7) is 0. The first-order valence-electron chi connectivity index (χ1n) is 10.9. The van der Waals surface area contributed by atoms with E-state index in [1.54, 1.807) is 10.9 Å². The van der Waals surface area contributed by atoms with Gasteiger partial charge in [-0.3, -0.25) is 20.4 Å². The van der Waals surface area contributed by atoms with Gasteiger partial charge in [-0.2, -0.15) is 5.10 Å². The van der Waals surface area contributed by atoms with E-state index in [1.165, 1.54) is 12.4 Å². The van der Waals surface area contributed by atoms with Gasteiger partial charge in [-0.25, -0.2) is 14.6 Å². The molecule has 0 radical (unpaired) electrons. The molecule has 0 saturated carbocycles. The van der Waals surface area contributed by atoms with Crippen LogP contribution in [0.2, 0.25) is 0 Å². The zero-order valence-electron chi connectivity index (χ0n) is 18.5. The normalized spacial score (nSPS) is 10.5. The van der Waals surface area contributed by atoms with Crippen LogP contribution in [0.1, 0.15) is 20.7 Å². The minimum absolute atomic E-state index is 0.216. The molecule has 8 heteroatoms. The topological polar surface area (TPSA) is 102 Å². The van der Waals surface area contributed by atoms with Gasteiger partial charge >= 0.3 is 0 Å². The van der Waals surface area contributed by atoms with Crippen LogP contribution >= 0.6 is 0 Å². The zero-order valence-corrected chi connectivity index (χ0v) is 18.5. The van der Waals surface area contributed by atoms with Crippen LogP contribution in [0.15, 0.2) is 110 Å². The highest BCUT2D eigenvalue weighted by atomic mass is 16.2. The molecule has 0 aliphatic heterocycles. The Bertz CT molecular complexity index is 1450. The van der Waals surface area contributed by atoms with Crippen molar-refractivity contribution in [3.8, 4) is 28.3 Å². The summed E-state index contributed by atoms with van der Waals surface area (Å²) in [5, 5.41) is 4.62. The highest BCUT2D eigenvalue weighted by molar-refractivity contribution is 6.02. The highest BCUT2D eigenvalue weighted by Crippen LogP contribution is 2.23. The summed E-state index contributed by atoms with van der Waals surface area (Å²) >= 11 is 0. The number of rotatable bonds is 5. The van der Waals surface area contributed by atoms with Crippen LogP contribution in [0.5, 0.6) is 0 Å². The van der Waals surface area contributed by atoms with Gasteiger partial charge in [0.15, 0.2) is 5.82 Å². The summed E-state index contributed by atoms with van der Waals surface area (Å²) in [6, 6.07) is 28.3. The molecule has 0 saturated heterocycles. The molecule has 0 fully saturated rings. The molecular weight excluding hydrogens is 440 g/mol. The Morgan fingerprint density at radius 3 is 1.83 bits per heavy atom. The van der Waals surface area contributed by atoms with Crippen molar-refractivity contribution in [2.45, 2.75) is 0 Å². The smallest absolute Gasteiger partial charge is 0.267 e. The van der Waals surface area contributed by atoms with E-state index in [0.29, 0.717) is 17.1 Å². The molecule has 35 heavy (non-hydrogen) atoms. The third-order valence-corrected chi connectivity index (χ3v) is 5.26. The maximum Gasteiger partial charge on any atom is 0.273 e. The van der Waals surface area contributed by atoms with E-state index in [9.17, 15) is 9.59 Å². The van der Waals surface area contributed by atoms with E-state index in [2.05, 4.69) is 25.9 Å². The molecule has 0 spiro atoms. The van der Waals surface area contributed by atoms with Gasteiger partial charge in [-0.15, -0.1) is 0 Å². The van der Waals surface area contributed by atoms with E-state index in [-0.39, 0.29) is 5.56 Å². The van der Waals surface area contributed by atoms with E-state index >= 15 is 0 Å².